The van der Waals surface area contributed by atoms with Crippen molar-refractivity contribution in [2.45, 2.75) is 81.6 Å². The molecule has 5 atom stereocenters. The highest BCUT2D eigenvalue weighted by Crippen LogP contribution is 2.54. The van der Waals surface area contributed by atoms with Crippen LogP contribution in [0.25, 0.3) is 0 Å². The Bertz CT molecular complexity index is 910. The average Bonchev–Trinajstić information content (AvgIpc) is 3.32. The number of halogens is 1. The maximum absolute atomic E-state index is 10.5. The summed E-state index contributed by atoms with van der Waals surface area (Å²) in [6, 6.07) is 8.05. The molecule has 1 saturated heterocycles. The number of aliphatic hydroxyl groups is 4. The summed E-state index contributed by atoms with van der Waals surface area (Å²) in [7, 11) is 0. The fourth-order valence-electron chi connectivity index (χ4n) is 5.73. The van der Waals surface area contributed by atoms with Crippen molar-refractivity contribution in [3.05, 3.63) is 65.8 Å². The lowest BCUT2D eigenvalue weighted by atomic mass is 9.65. The number of hydrogen-bond acceptors (Lipinski definition) is 6. The second kappa shape index (κ2) is 11.6. The molecule has 0 amide bonds. The van der Waals surface area contributed by atoms with Gasteiger partial charge in [-0.1, -0.05) is 55.4 Å². The molecule has 0 bridgehead atoms. The second-order valence-corrected chi connectivity index (χ2v) is 10.6. The Labute approximate surface area is 212 Å². The van der Waals surface area contributed by atoms with Crippen molar-refractivity contribution in [3.8, 4) is 5.75 Å². The van der Waals surface area contributed by atoms with Gasteiger partial charge in [0.15, 0.2) is 0 Å². The highest BCUT2D eigenvalue weighted by atomic mass is 35.5. The summed E-state index contributed by atoms with van der Waals surface area (Å²) in [6.45, 7) is 3.67. The number of benzene rings is 1. The molecule has 6 nitrogen and oxygen atoms in total. The first-order valence-electron chi connectivity index (χ1n) is 12.5. The van der Waals surface area contributed by atoms with Crippen LogP contribution in [-0.4, -0.2) is 69.5 Å². The molecule has 1 spiro atoms. The van der Waals surface area contributed by atoms with E-state index in [1.54, 1.807) is 18.2 Å². The predicted molar refractivity (Wildman–Crippen MR) is 136 cm³/mol. The summed E-state index contributed by atoms with van der Waals surface area (Å²) in [5, 5.41) is 40.3. The van der Waals surface area contributed by atoms with Crippen molar-refractivity contribution in [3.63, 3.8) is 0 Å². The molecule has 3 fully saturated rings. The maximum atomic E-state index is 10.5. The van der Waals surface area contributed by atoms with Gasteiger partial charge < -0.3 is 29.9 Å². The van der Waals surface area contributed by atoms with Crippen LogP contribution in [0.4, 0.5) is 0 Å². The molecular formula is C28H37ClO6. The topological polar surface area (TPSA) is 99.4 Å². The Morgan fingerprint density at radius 1 is 1.09 bits per heavy atom. The molecule has 192 valence electrons. The Morgan fingerprint density at radius 3 is 2.40 bits per heavy atom. The van der Waals surface area contributed by atoms with E-state index >= 15 is 0 Å². The molecule has 1 heterocycles. The zero-order chi connectivity index (χ0) is 25.0. The van der Waals surface area contributed by atoms with Crippen LogP contribution in [0.15, 0.2) is 60.2 Å². The van der Waals surface area contributed by atoms with Gasteiger partial charge in [-0.25, -0.2) is 0 Å². The third kappa shape index (κ3) is 6.19. The molecule has 0 unspecified atom stereocenters. The number of allylic oxidation sites excluding steroid dienone is 3. The largest absolute Gasteiger partial charge is 0.490 e. The normalized spacial score (nSPS) is 31.1. The Kier molecular flexibility index (Phi) is 8.74. The van der Waals surface area contributed by atoms with Crippen LogP contribution in [0.3, 0.4) is 0 Å². The van der Waals surface area contributed by atoms with E-state index in [9.17, 15) is 20.4 Å². The van der Waals surface area contributed by atoms with E-state index in [2.05, 4.69) is 6.58 Å². The first-order valence-corrected chi connectivity index (χ1v) is 13.1. The predicted octanol–water partition coefficient (Wildman–Crippen LogP) is 3.45. The minimum absolute atomic E-state index is 0.255. The third-order valence-corrected chi connectivity index (χ3v) is 7.81. The van der Waals surface area contributed by atoms with Gasteiger partial charge in [0.1, 0.15) is 36.3 Å². The molecule has 1 aromatic carbocycles. The van der Waals surface area contributed by atoms with Gasteiger partial charge in [0, 0.05) is 5.88 Å². The van der Waals surface area contributed by atoms with Gasteiger partial charge in [-0.15, -0.1) is 11.6 Å². The summed E-state index contributed by atoms with van der Waals surface area (Å²) < 4.78 is 11.9. The zero-order valence-corrected chi connectivity index (χ0v) is 20.8. The number of rotatable bonds is 9. The lowest BCUT2D eigenvalue weighted by Crippen LogP contribution is -2.58. The van der Waals surface area contributed by atoms with E-state index in [-0.39, 0.29) is 5.88 Å². The fraction of sp³-hybridized carbons (Fsp3) is 0.571. The van der Waals surface area contributed by atoms with Crippen molar-refractivity contribution >= 4 is 11.6 Å². The van der Waals surface area contributed by atoms with Crippen LogP contribution in [0.1, 0.15) is 44.1 Å². The first kappa shape index (κ1) is 26.4. The molecule has 4 rings (SSSR count). The van der Waals surface area contributed by atoms with E-state index in [1.807, 2.05) is 24.3 Å². The average molecular weight is 505 g/mol. The SMILES string of the molecule is C=C(/C=C(\C=C/CCl)[C@H]1O[C@H](CO)[C@@H](O)[C@H](O)[C@H]1O)Cc1ccc(OC2CC3(CCCC3)C2)cc1. The van der Waals surface area contributed by atoms with E-state index in [4.69, 9.17) is 21.1 Å². The van der Waals surface area contributed by atoms with Crippen LogP contribution in [0, 0.1) is 5.41 Å². The van der Waals surface area contributed by atoms with Crippen molar-refractivity contribution in [2.75, 3.05) is 12.5 Å². The lowest BCUT2D eigenvalue weighted by molar-refractivity contribution is -0.218. The standard InChI is InChI=1S/C28H37ClO6/c1-18(14-20(5-4-12-29)27-26(33)25(32)24(31)23(17-30)35-27)13-19-6-8-21(9-7-19)34-22-15-28(16-22)10-2-3-11-28/h4-9,14,22-27,30-33H,1-3,10-13,15-17H2/b5-4-,20-14+/t23-,24-,25+,26-,27-/m1/s1. The molecule has 1 aromatic rings. The Balaban J connectivity index is 1.38. The van der Waals surface area contributed by atoms with E-state index < -0.39 is 37.1 Å². The molecule has 4 N–H and O–H groups in total. The molecular weight excluding hydrogens is 468 g/mol. The van der Waals surface area contributed by atoms with Crippen LogP contribution in [-0.2, 0) is 11.2 Å². The van der Waals surface area contributed by atoms with E-state index in [0.717, 1.165) is 16.9 Å². The van der Waals surface area contributed by atoms with Gasteiger partial charge in [-0.2, -0.15) is 0 Å². The number of aliphatic hydroxyl groups excluding tert-OH is 4. The van der Waals surface area contributed by atoms with Crippen molar-refractivity contribution in [1.82, 2.24) is 0 Å². The van der Waals surface area contributed by atoms with Crippen molar-refractivity contribution in [1.29, 1.82) is 0 Å². The monoisotopic (exact) mass is 504 g/mol. The van der Waals surface area contributed by atoms with E-state index in [0.29, 0.717) is 23.5 Å². The summed E-state index contributed by atoms with van der Waals surface area (Å²) >= 11 is 5.81. The van der Waals surface area contributed by atoms with Crippen LogP contribution in [0.2, 0.25) is 0 Å². The highest BCUT2D eigenvalue weighted by molar-refractivity contribution is 6.18. The number of hydrogen-bond donors (Lipinski definition) is 4. The van der Waals surface area contributed by atoms with Crippen molar-refractivity contribution in [2.24, 2.45) is 5.41 Å². The van der Waals surface area contributed by atoms with Gasteiger partial charge in [-0.3, -0.25) is 0 Å². The molecule has 2 saturated carbocycles. The summed E-state index contributed by atoms with van der Waals surface area (Å²) in [5.41, 5.74) is 2.95. The quantitative estimate of drug-likeness (QED) is 0.304. The highest BCUT2D eigenvalue weighted by Gasteiger charge is 2.47. The molecule has 7 heteroatoms. The molecule has 2 aliphatic carbocycles. The number of ether oxygens (including phenoxy) is 2. The minimum Gasteiger partial charge on any atom is -0.490 e. The smallest absolute Gasteiger partial charge is 0.119 e. The van der Waals surface area contributed by atoms with Gasteiger partial charge in [0.05, 0.1) is 12.7 Å². The molecule has 3 aliphatic rings. The second-order valence-electron chi connectivity index (χ2n) is 10.3. The van der Waals surface area contributed by atoms with E-state index in [1.165, 1.54) is 38.5 Å². The minimum atomic E-state index is -1.45. The first-order chi connectivity index (χ1) is 16.8. The summed E-state index contributed by atoms with van der Waals surface area (Å²) in [6.07, 6.45) is 7.73. The molecule has 1 aliphatic heterocycles. The van der Waals surface area contributed by atoms with Crippen LogP contribution in [0.5, 0.6) is 5.75 Å². The molecule has 0 radical (unpaired) electrons. The fourth-order valence-corrected chi connectivity index (χ4v) is 5.82. The lowest BCUT2D eigenvalue weighted by Gasteiger charge is -2.45. The van der Waals surface area contributed by atoms with Crippen molar-refractivity contribution < 1.29 is 29.9 Å². The Morgan fingerprint density at radius 2 is 1.77 bits per heavy atom. The van der Waals surface area contributed by atoms with Gasteiger partial charge in [0.25, 0.3) is 0 Å². The molecule has 35 heavy (non-hydrogen) atoms. The Hall–Kier alpha value is -1.67. The summed E-state index contributed by atoms with van der Waals surface area (Å²) in [4.78, 5) is 0. The number of alkyl halides is 1. The van der Waals surface area contributed by atoms with Gasteiger partial charge >= 0.3 is 0 Å². The van der Waals surface area contributed by atoms with Crippen LogP contribution < -0.4 is 4.74 Å². The van der Waals surface area contributed by atoms with Gasteiger partial charge in [-0.05, 0) is 60.8 Å². The molecule has 0 aromatic heterocycles. The maximum Gasteiger partial charge on any atom is 0.119 e. The van der Waals surface area contributed by atoms with Gasteiger partial charge in [0.2, 0.25) is 0 Å². The zero-order valence-electron chi connectivity index (χ0n) is 20.1. The van der Waals surface area contributed by atoms with Crippen LogP contribution >= 0.6 is 11.6 Å². The summed E-state index contributed by atoms with van der Waals surface area (Å²) in [5.74, 6) is 1.14. The third-order valence-electron chi connectivity index (χ3n) is 7.63.